The Morgan fingerprint density at radius 1 is 0.667 bits per heavy atom. The van der Waals surface area contributed by atoms with Crippen molar-refractivity contribution in [2.75, 3.05) is 0 Å². The van der Waals surface area contributed by atoms with Crippen LogP contribution in [-0.2, 0) is 30.2 Å². The Bertz CT molecular complexity index is 1230. The van der Waals surface area contributed by atoms with Crippen molar-refractivity contribution < 1.29 is 42.2 Å². The summed E-state index contributed by atoms with van der Waals surface area (Å²) in [7, 11) is 0. The molecule has 1 heterocycles. The Balaban J connectivity index is 0.00000107. The monoisotopic (exact) mass is 468 g/mol. The molecule has 0 bridgehead atoms. The summed E-state index contributed by atoms with van der Waals surface area (Å²) in [4.78, 5) is 4.52. The molecule has 5 rings (SSSR count). The minimum absolute atomic E-state index is 0. The molecule has 0 spiro atoms. The molecule has 4 heteroatoms. The minimum Gasteiger partial charge on any atom is -1.00 e. The molecule has 0 aliphatic rings. The molecule has 0 unspecified atom stereocenters. The van der Waals surface area contributed by atoms with Gasteiger partial charge in [-0.25, -0.2) is 0 Å². The van der Waals surface area contributed by atoms with Gasteiger partial charge >= 0.3 is 17.4 Å². The molecule has 0 aliphatic carbocycles. The van der Waals surface area contributed by atoms with E-state index in [9.17, 15) is 0 Å². The average Bonchev–Trinajstić information content (AvgIpc) is 3.07. The fourth-order valence-corrected chi connectivity index (χ4v) is 4.05. The number of rotatable bonds is 4. The van der Waals surface area contributed by atoms with E-state index in [1.54, 1.807) is 0 Å². The first kappa shape index (κ1) is 24.1. The fourth-order valence-electron chi connectivity index (χ4n) is 4.05. The molecule has 0 aliphatic heterocycles. The zero-order chi connectivity index (χ0) is 18.1. The molecule has 0 atom stereocenters. The topological polar surface area (TPSA) is 12.9 Å². The van der Waals surface area contributed by atoms with Crippen molar-refractivity contribution in [2.24, 2.45) is 0 Å². The van der Waals surface area contributed by atoms with Gasteiger partial charge in [-0.15, -0.1) is 46.2 Å². The second-order valence-electron chi connectivity index (χ2n) is 7.05. The Kier molecular flexibility index (Phi) is 8.59. The van der Waals surface area contributed by atoms with Gasteiger partial charge in [0.25, 0.3) is 0 Å². The van der Waals surface area contributed by atoms with Crippen LogP contribution in [0.25, 0.3) is 21.5 Å². The van der Waals surface area contributed by atoms with E-state index >= 15 is 0 Å². The maximum Gasteiger partial charge on any atom is 3.00 e. The molecular weight excluding hydrogens is 449 g/mol. The summed E-state index contributed by atoms with van der Waals surface area (Å²) in [6.45, 7) is 0. The van der Waals surface area contributed by atoms with Crippen molar-refractivity contribution >= 4 is 21.5 Å². The standard InChI is InChI=1S/C26H20N.2ClH.Cr/c1-2-12-24-19(8-1)9-7-10-20(24)16-21-17-22(18-23-11-5-6-15-27-23)26-14-4-3-13-25(21)26;;;/h1-15,17H,16,18H2;2*1H;/q-1;;;+3/p-2. The summed E-state index contributed by atoms with van der Waals surface area (Å²) in [5.74, 6) is 0. The Morgan fingerprint density at radius 2 is 1.37 bits per heavy atom. The van der Waals surface area contributed by atoms with E-state index in [1.807, 2.05) is 12.3 Å². The van der Waals surface area contributed by atoms with Gasteiger partial charge in [0.1, 0.15) is 0 Å². The van der Waals surface area contributed by atoms with E-state index in [-0.39, 0.29) is 42.2 Å². The van der Waals surface area contributed by atoms with Crippen LogP contribution in [0, 0.1) is 0 Å². The maximum absolute atomic E-state index is 4.52. The van der Waals surface area contributed by atoms with Crippen molar-refractivity contribution in [1.82, 2.24) is 4.98 Å². The minimum atomic E-state index is 0. The number of aromatic nitrogens is 1. The predicted molar refractivity (Wildman–Crippen MR) is 113 cm³/mol. The molecule has 1 nitrogen and oxygen atoms in total. The molecule has 0 saturated carbocycles. The SMILES string of the molecule is [Cl-].[Cl-].[Cr+3].c1ccc(C[c-]2cc(Cc3cccc4ccccc34)c3ccccc32)nc1. The zero-order valence-electron chi connectivity index (χ0n) is 16.3. The van der Waals surface area contributed by atoms with Gasteiger partial charge in [-0.05, 0) is 41.3 Å². The van der Waals surface area contributed by atoms with Crippen LogP contribution in [0.15, 0.2) is 97.2 Å². The molecule has 149 valence electrons. The van der Waals surface area contributed by atoms with Crippen LogP contribution in [0.4, 0.5) is 0 Å². The van der Waals surface area contributed by atoms with Crippen LogP contribution < -0.4 is 24.8 Å². The molecule has 0 saturated heterocycles. The Hall–Kier alpha value is -2.21. The first-order valence-corrected chi connectivity index (χ1v) is 9.41. The van der Waals surface area contributed by atoms with Crippen molar-refractivity contribution in [3.63, 3.8) is 0 Å². The van der Waals surface area contributed by atoms with Gasteiger partial charge in [0.15, 0.2) is 0 Å². The maximum atomic E-state index is 4.52. The van der Waals surface area contributed by atoms with E-state index in [4.69, 9.17) is 0 Å². The van der Waals surface area contributed by atoms with Crippen molar-refractivity contribution in [2.45, 2.75) is 12.8 Å². The van der Waals surface area contributed by atoms with Gasteiger partial charge in [0, 0.05) is 11.9 Å². The molecular formula is C26H20Cl2CrN. The van der Waals surface area contributed by atoms with E-state index in [1.165, 1.54) is 38.2 Å². The number of halogens is 2. The number of nitrogens with zero attached hydrogens (tertiary/aromatic N) is 1. The predicted octanol–water partition coefficient (Wildman–Crippen LogP) is 0.294. The third-order valence-corrected chi connectivity index (χ3v) is 5.33. The Morgan fingerprint density at radius 3 is 2.17 bits per heavy atom. The van der Waals surface area contributed by atoms with Gasteiger partial charge in [-0.3, -0.25) is 4.98 Å². The summed E-state index contributed by atoms with van der Waals surface area (Å²) < 4.78 is 0. The largest absolute Gasteiger partial charge is 3.00 e. The van der Waals surface area contributed by atoms with E-state index < -0.39 is 0 Å². The summed E-state index contributed by atoms with van der Waals surface area (Å²) in [5, 5.41) is 5.35. The van der Waals surface area contributed by atoms with Gasteiger partial charge in [0.05, 0.1) is 0 Å². The molecule has 0 N–H and O–H groups in total. The molecule has 1 radical (unpaired) electrons. The molecule has 0 fully saturated rings. The number of hydrogen-bond donors (Lipinski definition) is 0. The first-order valence-electron chi connectivity index (χ1n) is 9.41. The molecule has 1 aromatic heterocycles. The van der Waals surface area contributed by atoms with Gasteiger partial charge in [0.2, 0.25) is 0 Å². The second-order valence-corrected chi connectivity index (χ2v) is 7.05. The number of hydrogen-bond acceptors (Lipinski definition) is 1. The summed E-state index contributed by atoms with van der Waals surface area (Å²) >= 11 is 0. The van der Waals surface area contributed by atoms with Crippen molar-refractivity contribution in [3.05, 3.63) is 120 Å². The third kappa shape index (κ3) is 4.75. The summed E-state index contributed by atoms with van der Waals surface area (Å²) in [6, 6.07) is 32.5. The number of fused-ring (bicyclic) bond motifs is 2. The number of benzene rings is 3. The normalized spacial score (nSPS) is 10.1. The van der Waals surface area contributed by atoms with Crippen LogP contribution in [0.2, 0.25) is 0 Å². The first-order chi connectivity index (χ1) is 13.4. The van der Waals surface area contributed by atoms with E-state index in [0.717, 1.165) is 18.5 Å². The van der Waals surface area contributed by atoms with Crippen molar-refractivity contribution in [3.8, 4) is 0 Å². The molecule has 5 aromatic rings. The van der Waals surface area contributed by atoms with Crippen LogP contribution in [-0.4, -0.2) is 4.98 Å². The molecule has 4 aromatic carbocycles. The van der Waals surface area contributed by atoms with Gasteiger partial charge in [-0.1, -0.05) is 54.6 Å². The molecule has 30 heavy (non-hydrogen) atoms. The second kappa shape index (κ2) is 10.7. The number of pyridine rings is 1. The van der Waals surface area contributed by atoms with Crippen LogP contribution >= 0.6 is 0 Å². The molecule has 0 amide bonds. The van der Waals surface area contributed by atoms with Crippen LogP contribution in [0.1, 0.15) is 22.4 Å². The summed E-state index contributed by atoms with van der Waals surface area (Å²) in [5.41, 5.74) is 5.26. The van der Waals surface area contributed by atoms with Crippen LogP contribution in [0.5, 0.6) is 0 Å². The van der Waals surface area contributed by atoms with Crippen molar-refractivity contribution in [1.29, 1.82) is 0 Å². The zero-order valence-corrected chi connectivity index (χ0v) is 19.1. The van der Waals surface area contributed by atoms with Gasteiger partial charge < -0.3 is 24.8 Å². The van der Waals surface area contributed by atoms with Crippen LogP contribution in [0.3, 0.4) is 0 Å². The quantitative estimate of drug-likeness (QED) is 0.345. The van der Waals surface area contributed by atoms with Gasteiger partial charge in [-0.2, -0.15) is 0 Å². The third-order valence-electron chi connectivity index (χ3n) is 5.33. The Labute approximate surface area is 200 Å². The fraction of sp³-hybridized carbons (Fsp3) is 0.0769. The smallest absolute Gasteiger partial charge is 1.00 e. The van der Waals surface area contributed by atoms with E-state index in [0.29, 0.717) is 0 Å². The summed E-state index contributed by atoms with van der Waals surface area (Å²) in [6.07, 6.45) is 3.69. The average molecular weight is 469 g/mol. The van der Waals surface area contributed by atoms with E-state index in [2.05, 4.69) is 89.9 Å².